The van der Waals surface area contributed by atoms with Crippen LogP contribution in [0.3, 0.4) is 0 Å². The first kappa shape index (κ1) is 18.1. The van der Waals surface area contributed by atoms with Gasteiger partial charge in [-0.25, -0.2) is 4.79 Å². The average Bonchev–Trinajstić information content (AvgIpc) is 3.02. The number of thiocarbonyl (C=S) groups is 1. The topological polar surface area (TPSA) is 50.4 Å². The molecule has 0 aliphatic heterocycles. The Hall–Kier alpha value is -2.70. The lowest BCUT2D eigenvalue weighted by atomic mass is 10.0. The van der Waals surface area contributed by atoms with Crippen LogP contribution in [0.2, 0.25) is 0 Å². The molecule has 0 fully saturated rings. The molecule has 0 saturated heterocycles. The monoisotopic (exact) mass is 382 g/mol. The molecule has 0 aliphatic carbocycles. The molecule has 0 spiro atoms. The molecule has 2 aromatic carbocycles. The smallest absolute Gasteiger partial charge is 0.340 e. The molecule has 1 heterocycles. The molecule has 0 saturated carbocycles. The molecule has 4 nitrogen and oxygen atoms in total. The third kappa shape index (κ3) is 4.09. The van der Waals surface area contributed by atoms with E-state index in [4.69, 9.17) is 17.0 Å². The fourth-order valence-electron chi connectivity index (χ4n) is 2.59. The van der Waals surface area contributed by atoms with E-state index in [9.17, 15) is 4.79 Å². The van der Waals surface area contributed by atoms with Crippen LogP contribution in [0.15, 0.2) is 60.7 Å². The van der Waals surface area contributed by atoms with Crippen LogP contribution in [0, 0.1) is 6.92 Å². The van der Waals surface area contributed by atoms with Crippen LogP contribution in [0.4, 0.5) is 10.7 Å². The van der Waals surface area contributed by atoms with E-state index in [0.29, 0.717) is 15.7 Å². The molecule has 3 rings (SSSR count). The van der Waals surface area contributed by atoms with Gasteiger partial charge < -0.3 is 15.4 Å². The number of ether oxygens (including phenoxy) is 1. The zero-order valence-corrected chi connectivity index (χ0v) is 16.0. The second kappa shape index (κ2) is 8.12. The zero-order chi connectivity index (χ0) is 18.5. The van der Waals surface area contributed by atoms with Crippen molar-refractivity contribution in [2.24, 2.45) is 0 Å². The van der Waals surface area contributed by atoms with Crippen LogP contribution in [0.1, 0.15) is 15.2 Å². The van der Waals surface area contributed by atoms with Crippen molar-refractivity contribution in [2.45, 2.75) is 6.92 Å². The summed E-state index contributed by atoms with van der Waals surface area (Å²) >= 11 is 6.91. The molecular formula is C20H18N2O2S2. The summed E-state index contributed by atoms with van der Waals surface area (Å²) in [7, 11) is 1.37. The van der Waals surface area contributed by atoms with E-state index in [1.165, 1.54) is 18.4 Å². The highest BCUT2D eigenvalue weighted by molar-refractivity contribution is 7.80. The standard InChI is InChI=1S/C20H18N2O2S2/c1-13-12-16(19(23)24-2)18(26-13)22-20(25)21-17-11-7-6-10-15(17)14-8-4-3-5-9-14/h3-12H,1-2H3,(H2,21,22,25). The number of anilines is 2. The Morgan fingerprint density at radius 1 is 1.04 bits per heavy atom. The van der Waals surface area contributed by atoms with E-state index in [2.05, 4.69) is 22.8 Å². The van der Waals surface area contributed by atoms with Crippen LogP contribution in [-0.2, 0) is 4.74 Å². The minimum absolute atomic E-state index is 0.385. The minimum Gasteiger partial charge on any atom is -0.465 e. The average molecular weight is 383 g/mol. The lowest BCUT2D eigenvalue weighted by Gasteiger charge is -2.14. The van der Waals surface area contributed by atoms with Crippen molar-refractivity contribution >= 4 is 45.3 Å². The van der Waals surface area contributed by atoms with Crippen molar-refractivity contribution in [2.75, 3.05) is 17.7 Å². The van der Waals surface area contributed by atoms with Gasteiger partial charge in [-0.2, -0.15) is 0 Å². The van der Waals surface area contributed by atoms with Gasteiger partial charge in [-0.3, -0.25) is 0 Å². The molecule has 1 aromatic heterocycles. The van der Waals surface area contributed by atoms with Crippen molar-refractivity contribution in [3.05, 3.63) is 71.1 Å². The molecule has 0 bridgehead atoms. The van der Waals surface area contributed by atoms with Gasteiger partial charge in [0, 0.05) is 16.1 Å². The predicted octanol–water partition coefficient (Wildman–Crippen LogP) is 5.32. The van der Waals surface area contributed by atoms with E-state index in [-0.39, 0.29) is 5.97 Å². The molecule has 26 heavy (non-hydrogen) atoms. The van der Waals surface area contributed by atoms with Gasteiger partial charge in [0.1, 0.15) is 5.00 Å². The van der Waals surface area contributed by atoms with Gasteiger partial charge >= 0.3 is 5.97 Å². The van der Waals surface area contributed by atoms with Crippen molar-refractivity contribution in [3.8, 4) is 11.1 Å². The summed E-state index contributed by atoms with van der Waals surface area (Å²) in [6.07, 6.45) is 0. The minimum atomic E-state index is -0.385. The number of thiophene rings is 1. The number of rotatable bonds is 4. The van der Waals surface area contributed by atoms with Crippen molar-refractivity contribution < 1.29 is 9.53 Å². The van der Waals surface area contributed by atoms with E-state index in [1.54, 1.807) is 6.07 Å². The highest BCUT2D eigenvalue weighted by Crippen LogP contribution is 2.30. The Kier molecular flexibility index (Phi) is 5.65. The molecule has 2 N–H and O–H groups in total. The van der Waals surface area contributed by atoms with Crippen molar-refractivity contribution in [1.82, 2.24) is 0 Å². The summed E-state index contributed by atoms with van der Waals surface area (Å²) in [6.45, 7) is 1.93. The van der Waals surface area contributed by atoms with Gasteiger partial charge in [-0.1, -0.05) is 48.5 Å². The SMILES string of the molecule is COC(=O)c1cc(C)sc1NC(=S)Nc1ccccc1-c1ccccc1. The Morgan fingerprint density at radius 3 is 2.46 bits per heavy atom. The first-order valence-electron chi connectivity index (χ1n) is 7.99. The highest BCUT2D eigenvalue weighted by Gasteiger charge is 2.16. The fourth-order valence-corrected chi connectivity index (χ4v) is 3.77. The number of benzene rings is 2. The summed E-state index contributed by atoms with van der Waals surface area (Å²) in [4.78, 5) is 12.9. The van der Waals surface area contributed by atoms with E-state index >= 15 is 0 Å². The lowest BCUT2D eigenvalue weighted by Crippen LogP contribution is -2.20. The normalized spacial score (nSPS) is 10.2. The maximum Gasteiger partial charge on any atom is 0.340 e. The number of carbonyl (C=O) groups excluding carboxylic acids is 1. The molecule has 0 amide bonds. The lowest BCUT2D eigenvalue weighted by molar-refractivity contribution is 0.0602. The molecule has 0 radical (unpaired) electrons. The van der Waals surface area contributed by atoms with Crippen LogP contribution >= 0.6 is 23.6 Å². The number of carbonyl (C=O) groups is 1. The number of esters is 1. The summed E-state index contributed by atoms with van der Waals surface area (Å²) in [5.74, 6) is -0.385. The van der Waals surface area contributed by atoms with Gasteiger partial charge in [0.25, 0.3) is 0 Å². The maximum atomic E-state index is 11.9. The largest absolute Gasteiger partial charge is 0.465 e. The van der Waals surface area contributed by atoms with Gasteiger partial charge in [-0.15, -0.1) is 11.3 Å². The molecule has 6 heteroatoms. The quantitative estimate of drug-likeness (QED) is 0.472. The van der Waals surface area contributed by atoms with Crippen LogP contribution in [0.25, 0.3) is 11.1 Å². The van der Waals surface area contributed by atoms with Crippen LogP contribution < -0.4 is 10.6 Å². The Balaban J connectivity index is 1.81. The third-order valence-corrected chi connectivity index (χ3v) is 4.92. The van der Waals surface area contributed by atoms with Gasteiger partial charge in [0.15, 0.2) is 5.11 Å². The Bertz CT molecular complexity index is 936. The molecule has 0 aliphatic rings. The first-order chi connectivity index (χ1) is 12.6. The summed E-state index contributed by atoms with van der Waals surface area (Å²) in [5.41, 5.74) is 3.52. The highest BCUT2D eigenvalue weighted by atomic mass is 32.1. The molecule has 0 atom stereocenters. The summed E-state index contributed by atoms with van der Waals surface area (Å²) < 4.78 is 4.83. The zero-order valence-electron chi connectivity index (χ0n) is 14.4. The summed E-state index contributed by atoms with van der Waals surface area (Å²) in [6, 6.07) is 19.8. The number of nitrogens with one attached hydrogen (secondary N) is 2. The van der Waals surface area contributed by atoms with E-state index < -0.39 is 0 Å². The van der Waals surface area contributed by atoms with Gasteiger partial charge in [-0.05, 0) is 36.8 Å². The van der Waals surface area contributed by atoms with Crippen molar-refractivity contribution in [3.63, 3.8) is 0 Å². The van der Waals surface area contributed by atoms with E-state index in [0.717, 1.165) is 21.7 Å². The maximum absolute atomic E-state index is 11.9. The molecular weight excluding hydrogens is 364 g/mol. The first-order valence-corrected chi connectivity index (χ1v) is 9.22. The van der Waals surface area contributed by atoms with Crippen molar-refractivity contribution in [1.29, 1.82) is 0 Å². The third-order valence-electron chi connectivity index (χ3n) is 3.75. The number of hydrogen-bond donors (Lipinski definition) is 2. The number of para-hydroxylation sites is 1. The molecule has 3 aromatic rings. The summed E-state index contributed by atoms with van der Waals surface area (Å²) in [5, 5.41) is 7.42. The van der Waals surface area contributed by atoms with Gasteiger partial charge in [0.05, 0.1) is 12.7 Å². The van der Waals surface area contributed by atoms with Gasteiger partial charge in [0.2, 0.25) is 0 Å². The van der Waals surface area contributed by atoms with Crippen LogP contribution in [-0.4, -0.2) is 18.2 Å². The number of methoxy groups -OCH3 is 1. The number of aryl methyl sites for hydroxylation is 1. The van der Waals surface area contributed by atoms with Crippen LogP contribution in [0.5, 0.6) is 0 Å². The second-order valence-electron chi connectivity index (χ2n) is 5.58. The molecule has 0 unspecified atom stereocenters. The Morgan fingerprint density at radius 2 is 1.73 bits per heavy atom. The Labute approximate surface area is 161 Å². The predicted molar refractivity (Wildman–Crippen MR) is 112 cm³/mol. The fraction of sp³-hybridized carbons (Fsp3) is 0.100. The van der Waals surface area contributed by atoms with E-state index in [1.807, 2.05) is 49.4 Å². The number of hydrogen-bond acceptors (Lipinski definition) is 4. The molecule has 132 valence electrons. The second-order valence-corrected chi connectivity index (χ2v) is 7.25.